The predicted octanol–water partition coefficient (Wildman–Crippen LogP) is 1.77. The van der Waals surface area contributed by atoms with Crippen LogP contribution >= 0.6 is 0 Å². The fraction of sp³-hybridized carbons (Fsp3) is 0.467. The molecule has 1 aromatic rings. The van der Waals surface area contributed by atoms with Crippen molar-refractivity contribution >= 4 is 11.8 Å². The molecule has 2 unspecified atom stereocenters. The van der Waals surface area contributed by atoms with Crippen LogP contribution in [-0.2, 0) is 9.59 Å². The number of benzene rings is 1. The third kappa shape index (κ3) is 3.01. The van der Waals surface area contributed by atoms with Crippen LogP contribution in [0, 0.1) is 5.92 Å². The number of Topliss-reactive ketones (excluding diaryl/α,β-unsaturated/α-hetero) is 1. The van der Waals surface area contributed by atoms with Crippen molar-refractivity contribution in [3.63, 3.8) is 0 Å². The van der Waals surface area contributed by atoms with Gasteiger partial charge in [0.1, 0.15) is 5.92 Å². The zero-order valence-electron chi connectivity index (χ0n) is 11.1. The molecule has 0 saturated carbocycles. The monoisotopic (exact) mass is 261 g/mol. The van der Waals surface area contributed by atoms with Gasteiger partial charge in [-0.25, -0.2) is 0 Å². The molecule has 0 bridgehead atoms. The van der Waals surface area contributed by atoms with Crippen LogP contribution < -0.4 is 0 Å². The number of piperidine rings is 1. The molecule has 0 radical (unpaired) electrons. The minimum Gasteiger partial charge on any atom is -0.481 e. The Hall–Kier alpha value is -1.68. The van der Waals surface area contributed by atoms with E-state index in [9.17, 15) is 14.7 Å². The van der Waals surface area contributed by atoms with Gasteiger partial charge in [-0.15, -0.1) is 0 Å². The van der Waals surface area contributed by atoms with Gasteiger partial charge in [-0.2, -0.15) is 0 Å². The van der Waals surface area contributed by atoms with Crippen LogP contribution in [0.4, 0.5) is 0 Å². The van der Waals surface area contributed by atoms with E-state index in [1.54, 1.807) is 0 Å². The number of likely N-dealkylation sites (tertiary alicyclic amines) is 1. The van der Waals surface area contributed by atoms with Gasteiger partial charge in [-0.05, 0) is 18.5 Å². The Balaban J connectivity index is 2.25. The van der Waals surface area contributed by atoms with Gasteiger partial charge in [-0.3, -0.25) is 9.59 Å². The van der Waals surface area contributed by atoms with Crippen LogP contribution in [-0.4, -0.2) is 41.4 Å². The summed E-state index contributed by atoms with van der Waals surface area (Å²) in [5, 5.41) is 9.21. The molecule has 1 fully saturated rings. The Morgan fingerprint density at radius 3 is 2.58 bits per heavy atom. The first-order valence-electron chi connectivity index (χ1n) is 6.67. The molecular formula is C15H19NO3. The van der Waals surface area contributed by atoms with Crippen molar-refractivity contribution in [1.82, 2.24) is 4.90 Å². The number of carbonyl (C=O) groups excluding carboxylic acids is 1. The Labute approximate surface area is 113 Å². The van der Waals surface area contributed by atoms with Crippen LogP contribution in [0.2, 0.25) is 0 Å². The van der Waals surface area contributed by atoms with Crippen molar-refractivity contribution in [2.75, 3.05) is 19.6 Å². The van der Waals surface area contributed by atoms with Crippen molar-refractivity contribution in [3.8, 4) is 0 Å². The first-order valence-corrected chi connectivity index (χ1v) is 6.67. The van der Waals surface area contributed by atoms with Crippen molar-refractivity contribution < 1.29 is 14.7 Å². The molecule has 0 aromatic heterocycles. The Morgan fingerprint density at radius 2 is 2.00 bits per heavy atom. The molecule has 0 amide bonds. The van der Waals surface area contributed by atoms with Gasteiger partial charge in [0.25, 0.3) is 0 Å². The van der Waals surface area contributed by atoms with Gasteiger partial charge >= 0.3 is 5.97 Å². The fourth-order valence-electron chi connectivity index (χ4n) is 2.67. The molecule has 1 saturated heterocycles. The van der Waals surface area contributed by atoms with E-state index in [1.165, 1.54) is 0 Å². The third-order valence-corrected chi connectivity index (χ3v) is 3.61. The van der Waals surface area contributed by atoms with Crippen molar-refractivity contribution in [2.24, 2.45) is 5.92 Å². The number of carbonyl (C=O) groups is 2. The Morgan fingerprint density at radius 1 is 1.32 bits per heavy atom. The highest BCUT2D eigenvalue weighted by atomic mass is 16.4. The SMILES string of the molecule is CCCN1CC(C(=O)O)C(=O)C(c2ccccc2)C1. The molecule has 2 atom stereocenters. The van der Waals surface area contributed by atoms with Crippen LogP contribution in [0.1, 0.15) is 24.8 Å². The summed E-state index contributed by atoms with van der Waals surface area (Å²) in [6.45, 7) is 3.86. The number of aliphatic carboxylic acids is 1. The molecule has 1 heterocycles. The number of carboxylic acids is 1. The van der Waals surface area contributed by atoms with E-state index in [1.807, 2.05) is 30.3 Å². The number of carboxylic acid groups (broad SMARTS) is 1. The Bertz CT molecular complexity index is 458. The summed E-state index contributed by atoms with van der Waals surface area (Å²) >= 11 is 0. The van der Waals surface area contributed by atoms with Crippen LogP contribution in [0.5, 0.6) is 0 Å². The Kier molecular flexibility index (Phi) is 4.32. The molecule has 2 rings (SSSR count). The molecule has 1 N–H and O–H groups in total. The maximum Gasteiger partial charge on any atom is 0.315 e. The second-order valence-electron chi connectivity index (χ2n) is 5.02. The fourth-order valence-corrected chi connectivity index (χ4v) is 2.67. The zero-order chi connectivity index (χ0) is 13.8. The molecule has 0 spiro atoms. The minimum atomic E-state index is -1.01. The van der Waals surface area contributed by atoms with E-state index in [0.717, 1.165) is 18.5 Å². The maximum atomic E-state index is 12.3. The lowest BCUT2D eigenvalue weighted by Gasteiger charge is -2.35. The molecular weight excluding hydrogens is 242 g/mol. The van der Waals surface area contributed by atoms with Gasteiger partial charge in [0.05, 0.1) is 5.92 Å². The van der Waals surface area contributed by atoms with Gasteiger partial charge in [0.15, 0.2) is 5.78 Å². The normalized spacial score (nSPS) is 24.4. The molecule has 1 aromatic carbocycles. The molecule has 0 aliphatic carbocycles. The highest BCUT2D eigenvalue weighted by molar-refractivity contribution is 6.02. The smallest absolute Gasteiger partial charge is 0.315 e. The number of rotatable bonds is 4. The summed E-state index contributed by atoms with van der Waals surface area (Å²) in [7, 11) is 0. The summed E-state index contributed by atoms with van der Waals surface area (Å²) in [4.78, 5) is 25.6. The molecule has 19 heavy (non-hydrogen) atoms. The van der Waals surface area contributed by atoms with Crippen LogP contribution in [0.15, 0.2) is 30.3 Å². The zero-order valence-corrected chi connectivity index (χ0v) is 11.1. The van der Waals surface area contributed by atoms with Crippen molar-refractivity contribution in [3.05, 3.63) is 35.9 Å². The maximum absolute atomic E-state index is 12.3. The quantitative estimate of drug-likeness (QED) is 0.839. The number of nitrogens with zero attached hydrogens (tertiary/aromatic N) is 1. The minimum absolute atomic E-state index is 0.161. The summed E-state index contributed by atoms with van der Waals surface area (Å²) in [6.07, 6.45) is 0.960. The van der Waals surface area contributed by atoms with E-state index in [0.29, 0.717) is 13.1 Å². The topological polar surface area (TPSA) is 57.6 Å². The summed E-state index contributed by atoms with van der Waals surface area (Å²) in [5.41, 5.74) is 0.916. The number of hydrogen-bond donors (Lipinski definition) is 1. The van der Waals surface area contributed by atoms with E-state index < -0.39 is 11.9 Å². The molecule has 1 aliphatic heterocycles. The van der Waals surface area contributed by atoms with E-state index in [2.05, 4.69) is 11.8 Å². The standard InChI is InChI=1S/C15H19NO3/c1-2-8-16-9-12(11-6-4-3-5-7-11)14(17)13(10-16)15(18)19/h3-7,12-13H,2,8-10H2,1H3,(H,18,19). The molecule has 4 nitrogen and oxygen atoms in total. The number of hydrogen-bond acceptors (Lipinski definition) is 3. The lowest BCUT2D eigenvalue weighted by atomic mass is 9.83. The van der Waals surface area contributed by atoms with E-state index in [-0.39, 0.29) is 11.7 Å². The second kappa shape index (κ2) is 5.97. The average molecular weight is 261 g/mol. The van der Waals surface area contributed by atoms with Crippen molar-refractivity contribution in [1.29, 1.82) is 0 Å². The van der Waals surface area contributed by atoms with Gasteiger partial charge in [-0.1, -0.05) is 37.3 Å². The summed E-state index contributed by atoms with van der Waals surface area (Å²) in [5.74, 6) is -2.38. The largest absolute Gasteiger partial charge is 0.481 e. The first-order chi connectivity index (χ1) is 9.13. The summed E-state index contributed by atoms with van der Waals surface area (Å²) < 4.78 is 0. The summed E-state index contributed by atoms with van der Waals surface area (Å²) in [6, 6.07) is 9.47. The van der Waals surface area contributed by atoms with E-state index in [4.69, 9.17) is 0 Å². The second-order valence-corrected chi connectivity index (χ2v) is 5.02. The first kappa shape index (κ1) is 13.7. The van der Waals surface area contributed by atoms with Crippen LogP contribution in [0.3, 0.4) is 0 Å². The number of ketones is 1. The van der Waals surface area contributed by atoms with Gasteiger partial charge in [0.2, 0.25) is 0 Å². The van der Waals surface area contributed by atoms with Gasteiger partial charge < -0.3 is 10.0 Å². The third-order valence-electron chi connectivity index (χ3n) is 3.61. The van der Waals surface area contributed by atoms with Crippen molar-refractivity contribution in [2.45, 2.75) is 19.3 Å². The van der Waals surface area contributed by atoms with Crippen LogP contribution in [0.25, 0.3) is 0 Å². The average Bonchev–Trinajstić information content (AvgIpc) is 2.41. The molecule has 1 aliphatic rings. The lowest BCUT2D eigenvalue weighted by molar-refractivity contribution is -0.149. The molecule has 102 valence electrons. The molecule has 4 heteroatoms. The highest BCUT2D eigenvalue weighted by Gasteiger charge is 2.39. The van der Waals surface area contributed by atoms with E-state index >= 15 is 0 Å². The highest BCUT2D eigenvalue weighted by Crippen LogP contribution is 2.27. The predicted molar refractivity (Wildman–Crippen MR) is 72.0 cm³/mol. The van der Waals surface area contributed by atoms with Gasteiger partial charge in [0, 0.05) is 13.1 Å². The lowest BCUT2D eigenvalue weighted by Crippen LogP contribution is -2.48.